The molecule has 2 aliphatic heterocycles. The van der Waals surface area contributed by atoms with Gasteiger partial charge < -0.3 is 9.80 Å². The van der Waals surface area contributed by atoms with E-state index < -0.39 is 0 Å². The molecule has 3 rings (SSSR count). The van der Waals surface area contributed by atoms with E-state index in [-0.39, 0.29) is 0 Å². The Balaban J connectivity index is 1.78. The van der Waals surface area contributed by atoms with Gasteiger partial charge in [0.1, 0.15) is 0 Å². The molecule has 0 unspecified atom stereocenters. The SMILES string of the molecule is CN1CCC(N2CCc3cc(NO)ccc32)CC1. The van der Waals surface area contributed by atoms with E-state index in [4.69, 9.17) is 5.21 Å². The van der Waals surface area contributed by atoms with Crippen LogP contribution < -0.4 is 10.4 Å². The smallest absolute Gasteiger partial charge is 0.0606 e. The lowest BCUT2D eigenvalue weighted by molar-refractivity contribution is 0.251. The highest BCUT2D eigenvalue weighted by Crippen LogP contribution is 2.34. The Hall–Kier alpha value is -1.26. The summed E-state index contributed by atoms with van der Waals surface area (Å²) in [7, 11) is 2.20. The van der Waals surface area contributed by atoms with Crippen molar-refractivity contribution in [2.24, 2.45) is 0 Å². The van der Waals surface area contributed by atoms with Crippen molar-refractivity contribution >= 4 is 11.4 Å². The lowest BCUT2D eigenvalue weighted by atomic mass is 10.0. The summed E-state index contributed by atoms with van der Waals surface area (Å²) in [4.78, 5) is 4.97. The van der Waals surface area contributed by atoms with Crippen LogP contribution in [-0.4, -0.2) is 42.8 Å². The summed E-state index contributed by atoms with van der Waals surface area (Å²) in [5.74, 6) is 0. The Bertz CT molecular complexity index is 427. The molecule has 1 saturated heterocycles. The molecule has 0 bridgehead atoms. The summed E-state index contributed by atoms with van der Waals surface area (Å²) in [6, 6.07) is 6.84. The maximum absolute atomic E-state index is 8.94. The fraction of sp³-hybridized carbons (Fsp3) is 0.571. The fourth-order valence-electron chi connectivity index (χ4n) is 3.18. The lowest BCUT2D eigenvalue weighted by Gasteiger charge is -2.36. The third-order valence-electron chi connectivity index (χ3n) is 4.27. The van der Waals surface area contributed by atoms with Crippen molar-refractivity contribution in [3.05, 3.63) is 23.8 Å². The van der Waals surface area contributed by atoms with Crippen LogP contribution in [0.4, 0.5) is 11.4 Å². The molecule has 4 nitrogen and oxygen atoms in total. The molecule has 98 valence electrons. The Kier molecular flexibility index (Phi) is 3.14. The first-order chi connectivity index (χ1) is 8.78. The van der Waals surface area contributed by atoms with E-state index >= 15 is 0 Å². The number of benzene rings is 1. The molecule has 0 spiro atoms. The average Bonchev–Trinajstić information content (AvgIpc) is 2.82. The van der Waals surface area contributed by atoms with Gasteiger partial charge >= 0.3 is 0 Å². The van der Waals surface area contributed by atoms with E-state index in [9.17, 15) is 0 Å². The van der Waals surface area contributed by atoms with Gasteiger partial charge in [-0.2, -0.15) is 0 Å². The van der Waals surface area contributed by atoms with Gasteiger partial charge in [-0.3, -0.25) is 10.7 Å². The van der Waals surface area contributed by atoms with Crippen LogP contribution in [0.25, 0.3) is 0 Å². The van der Waals surface area contributed by atoms with E-state index in [0.717, 1.165) is 18.7 Å². The third-order valence-corrected chi connectivity index (χ3v) is 4.27. The molecular formula is C14H21N3O. The van der Waals surface area contributed by atoms with Crippen LogP contribution in [0.2, 0.25) is 0 Å². The molecular weight excluding hydrogens is 226 g/mol. The molecule has 1 aromatic carbocycles. The highest BCUT2D eigenvalue weighted by atomic mass is 16.5. The first-order valence-corrected chi connectivity index (χ1v) is 6.76. The zero-order valence-corrected chi connectivity index (χ0v) is 10.9. The molecule has 1 fully saturated rings. The van der Waals surface area contributed by atoms with Gasteiger partial charge in [0, 0.05) is 18.3 Å². The number of hydrogen-bond donors (Lipinski definition) is 2. The van der Waals surface area contributed by atoms with Gasteiger partial charge in [0.05, 0.1) is 5.69 Å². The number of rotatable bonds is 2. The Morgan fingerprint density at radius 3 is 2.72 bits per heavy atom. The number of hydrogen-bond acceptors (Lipinski definition) is 4. The molecule has 0 saturated carbocycles. The second kappa shape index (κ2) is 4.78. The minimum absolute atomic E-state index is 0.690. The normalized spacial score (nSPS) is 21.1. The summed E-state index contributed by atoms with van der Waals surface area (Å²) >= 11 is 0. The highest BCUT2D eigenvalue weighted by molar-refractivity contribution is 5.64. The molecule has 0 radical (unpaired) electrons. The molecule has 4 heteroatoms. The molecule has 2 N–H and O–H groups in total. The Labute approximate surface area is 108 Å². The predicted molar refractivity (Wildman–Crippen MR) is 73.4 cm³/mol. The van der Waals surface area contributed by atoms with Crippen molar-refractivity contribution in [3.8, 4) is 0 Å². The second-order valence-electron chi connectivity index (χ2n) is 5.43. The molecule has 0 aliphatic carbocycles. The third kappa shape index (κ3) is 2.06. The average molecular weight is 247 g/mol. The quantitative estimate of drug-likeness (QED) is 0.783. The second-order valence-corrected chi connectivity index (χ2v) is 5.43. The van der Waals surface area contributed by atoms with Gasteiger partial charge in [-0.05, 0) is 63.2 Å². The maximum atomic E-state index is 8.94. The lowest BCUT2D eigenvalue weighted by Crippen LogP contribution is -2.43. The van der Waals surface area contributed by atoms with Crippen LogP contribution in [-0.2, 0) is 6.42 Å². The molecule has 2 heterocycles. The number of fused-ring (bicyclic) bond motifs is 1. The van der Waals surface area contributed by atoms with E-state index in [1.165, 1.54) is 37.2 Å². The first-order valence-electron chi connectivity index (χ1n) is 6.76. The van der Waals surface area contributed by atoms with Crippen molar-refractivity contribution in [1.82, 2.24) is 4.90 Å². The van der Waals surface area contributed by atoms with Crippen LogP contribution in [0.5, 0.6) is 0 Å². The first kappa shape index (κ1) is 11.8. The zero-order valence-electron chi connectivity index (χ0n) is 10.9. The molecule has 18 heavy (non-hydrogen) atoms. The van der Waals surface area contributed by atoms with Crippen LogP contribution in [0, 0.1) is 0 Å². The molecule has 0 aromatic heterocycles. The Morgan fingerprint density at radius 2 is 2.00 bits per heavy atom. The topological polar surface area (TPSA) is 38.7 Å². The monoisotopic (exact) mass is 247 g/mol. The van der Waals surface area contributed by atoms with E-state index in [0.29, 0.717) is 6.04 Å². The summed E-state index contributed by atoms with van der Waals surface area (Å²) < 4.78 is 0. The fourth-order valence-corrected chi connectivity index (χ4v) is 3.18. The molecule has 1 aromatic rings. The standard InChI is InChI=1S/C14H21N3O/c1-16-7-5-13(6-8-16)17-9-4-11-10-12(15-18)2-3-14(11)17/h2-3,10,13,15,18H,4-9H2,1H3. The largest absolute Gasteiger partial charge is 0.368 e. The number of anilines is 2. The van der Waals surface area contributed by atoms with Gasteiger partial charge in [0.15, 0.2) is 0 Å². The van der Waals surface area contributed by atoms with Gasteiger partial charge in [-0.25, -0.2) is 0 Å². The van der Waals surface area contributed by atoms with Crippen LogP contribution in [0.15, 0.2) is 18.2 Å². The summed E-state index contributed by atoms with van der Waals surface area (Å²) in [5, 5.41) is 8.94. The van der Waals surface area contributed by atoms with Crippen molar-refractivity contribution in [2.45, 2.75) is 25.3 Å². The summed E-state index contributed by atoms with van der Waals surface area (Å²) in [6.45, 7) is 3.53. The van der Waals surface area contributed by atoms with Gasteiger partial charge in [-0.1, -0.05) is 0 Å². The summed E-state index contributed by atoms with van der Waals surface area (Å²) in [6.07, 6.45) is 3.61. The Morgan fingerprint density at radius 1 is 1.22 bits per heavy atom. The van der Waals surface area contributed by atoms with Gasteiger partial charge in [0.25, 0.3) is 0 Å². The van der Waals surface area contributed by atoms with Crippen LogP contribution in [0.3, 0.4) is 0 Å². The van der Waals surface area contributed by atoms with E-state index in [2.05, 4.69) is 34.5 Å². The van der Waals surface area contributed by atoms with E-state index in [1.54, 1.807) is 0 Å². The van der Waals surface area contributed by atoms with Gasteiger partial charge in [-0.15, -0.1) is 0 Å². The van der Waals surface area contributed by atoms with Crippen LogP contribution in [0.1, 0.15) is 18.4 Å². The van der Waals surface area contributed by atoms with E-state index in [1.807, 2.05) is 6.07 Å². The maximum Gasteiger partial charge on any atom is 0.0606 e. The van der Waals surface area contributed by atoms with Crippen molar-refractivity contribution < 1.29 is 5.21 Å². The van der Waals surface area contributed by atoms with Crippen LogP contribution >= 0.6 is 0 Å². The molecule has 0 atom stereocenters. The summed E-state index contributed by atoms with van der Waals surface area (Å²) in [5.41, 5.74) is 5.74. The minimum Gasteiger partial charge on any atom is -0.368 e. The number of nitrogens with zero attached hydrogens (tertiary/aromatic N) is 2. The van der Waals surface area contributed by atoms with Crippen molar-refractivity contribution in [3.63, 3.8) is 0 Å². The highest BCUT2D eigenvalue weighted by Gasteiger charge is 2.28. The number of likely N-dealkylation sites (tertiary alicyclic amines) is 1. The molecule has 0 amide bonds. The number of nitrogens with one attached hydrogen (secondary N) is 1. The predicted octanol–water partition coefficient (Wildman–Crippen LogP) is 1.94. The molecule has 2 aliphatic rings. The number of piperidine rings is 1. The van der Waals surface area contributed by atoms with Crippen molar-refractivity contribution in [2.75, 3.05) is 37.1 Å². The minimum atomic E-state index is 0.690. The van der Waals surface area contributed by atoms with Gasteiger partial charge in [0.2, 0.25) is 0 Å². The van der Waals surface area contributed by atoms with Crippen molar-refractivity contribution in [1.29, 1.82) is 0 Å². The zero-order chi connectivity index (χ0) is 12.5.